The molecule has 1 aliphatic heterocycles. The number of nitrogens with one attached hydrogen (secondary N) is 1. The predicted molar refractivity (Wildman–Crippen MR) is 113 cm³/mol. The third-order valence-electron chi connectivity index (χ3n) is 5.16. The average molecular weight is 427 g/mol. The average Bonchev–Trinajstić information content (AvgIpc) is 3.09. The van der Waals surface area contributed by atoms with Crippen molar-refractivity contribution in [3.8, 4) is 5.95 Å². The van der Waals surface area contributed by atoms with Crippen molar-refractivity contribution in [1.29, 1.82) is 0 Å². The second-order valence-electron chi connectivity index (χ2n) is 7.47. The number of anilines is 3. The topological polar surface area (TPSA) is 79.2 Å². The summed E-state index contributed by atoms with van der Waals surface area (Å²) in [5, 5.41) is 7.30. The van der Waals surface area contributed by atoms with Crippen LogP contribution in [-0.4, -0.2) is 56.7 Å². The fraction of sp³-hybridized carbons (Fsp3) is 0.333. The molecule has 162 valence electrons. The van der Waals surface area contributed by atoms with E-state index in [1.807, 2.05) is 24.8 Å². The Morgan fingerprint density at radius 1 is 1.06 bits per heavy atom. The van der Waals surface area contributed by atoms with Gasteiger partial charge in [-0.1, -0.05) is 6.07 Å². The lowest BCUT2D eigenvalue weighted by Gasteiger charge is -2.35. The molecule has 1 amide bonds. The number of benzene rings is 1. The molecule has 4 rings (SSSR count). The molecule has 31 heavy (non-hydrogen) atoms. The molecule has 1 saturated heterocycles. The summed E-state index contributed by atoms with van der Waals surface area (Å²) < 4.78 is 29.5. The molecule has 3 aromatic rings. The first-order valence-electron chi connectivity index (χ1n) is 9.96. The Balaban J connectivity index is 1.71. The van der Waals surface area contributed by atoms with Gasteiger partial charge in [0, 0.05) is 44.9 Å². The van der Waals surface area contributed by atoms with Crippen LogP contribution < -0.4 is 10.2 Å². The zero-order chi connectivity index (χ0) is 22.1. The van der Waals surface area contributed by atoms with E-state index in [1.54, 1.807) is 22.6 Å². The van der Waals surface area contributed by atoms with Gasteiger partial charge >= 0.3 is 0 Å². The first-order valence-corrected chi connectivity index (χ1v) is 9.96. The summed E-state index contributed by atoms with van der Waals surface area (Å²) in [5.41, 5.74) is 1.64. The molecule has 0 atom stereocenters. The van der Waals surface area contributed by atoms with Crippen molar-refractivity contribution < 1.29 is 13.6 Å². The predicted octanol–water partition coefficient (Wildman–Crippen LogP) is 2.97. The Kier molecular flexibility index (Phi) is 5.53. The highest BCUT2D eigenvalue weighted by Crippen LogP contribution is 2.25. The van der Waals surface area contributed by atoms with Crippen LogP contribution >= 0.6 is 0 Å². The van der Waals surface area contributed by atoms with Gasteiger partial charge in [-0.05, 0) is 32.0 Å². The zero-order valence-corrected chi connectivity index (χ0v) is 17.6. The van der Waals surface area contributed by atoms with Gasteiger partial charge in [0.25, 0.3) is 5.95 Å². The van der Waals surface area contributed by atoms with Crippen LogP contribution in [0.2, 0.25) is 0 Å². The number of piperazine rings is 1. The van der Waals surface area contributed by atoms with Crippen LogP contribution in [0.3, 0.4) is 0 Å². The van der Waals surface area contributed by atoms with Gasteiger partial charge in [-0.15, -0.1) is 0 Å². The van der Waals surface area contributed by atoms with E-state index in [0.29, 0.717) is 43.8 Å². The van der Waals surface area contributed by atoms with Gasteiger partial charge in [0.2, 0.25) is 5.91 Å². The van der Waals surface area contributed by atoms with E-state index >= 15 is 0 Å². The first-order chi connectivity index (χ1) is 14.8. The van der Waals surface area contributed by atoms with Gasteiger partial charge in [0.15, 0.2) is 11.6 Å². The molecule has 0 bridgehead atoms. The highest BCUT2D eigenvalue weighted by atomic mass is 19.2. The quantitative estimate of drug-likeness (QED) is 0.690. The molecule has 0 spiro atoms. The third kappa shape index (κ3) is 4.32. The molecular formula is C21H23F2N7O. The number of carbonyl (C=O) groups excluding carboxylic acids is 1. The minimum atomic E-state index is -0.981. The van der Waals surface area contributed by atoms with Gasteiger partial charge in [-0.2, -0.15) is 15.1 Å². The highest BCUT2D eigenvalue weighted by molar-refractivity contribution is 5.73. The molecule has 1 fully saturated rings. The minimum Gasteiger partial charge on any atom is -0.353 e. The van der Waals surface area contributed by atoms with Crippen molar-refractivity contribution >= 4 is 23.2 Å². The highest BCUT2D eigenvalue weighted by Gasteiger charge is 2.22. The maximum Gasteiger partial charge on any atom is 0.254 e. The summed E-state index contributed by atoms with van der Waals surface area (Å²) in [6.45, 7) is 7.67. The van der Waals surface area contributed by atoms with Crippen LogP contribution in [0.25, 0.3) is 5.95 Å². The molecule has 0 radical (unpaired) electrons. The zero-order valence-electron chi connectivity index (χ0n) is 17.6. The summed E-state index contributed by atoms with van der Waals surface area (Å²) in [5.74, 6) is -0.652. The van der Waals surface area contributed by atoms with Crippen LogP contribution in [-0.2, 0) is 4.79 Å². The second-order valence-corrected chi connectivity index (χ2v) is 7.47. The number of amides is 1. The lowest BCUT2D eigenvalue weighted by Crippen LogP contribution is -2.48. The number of aryl methyl sites for hydroxylation is 2. The van der Waals surface area contributed by atoms with E-state index in [-0.39, 0.29) is 11.6 Å². The fourth-order valence-electron chi connectivity index (χ4n) is 3.56. The number of nitrogens with zero attached hydrogens (tertiary/aromatic N) is 6. The molecule has 1 aliphatic rings. The standard InChI is InChI=1S/C21H23F2N7O/c1-13-11-14(2)30(27-13)21-25-18(24-17-6-4-5-16(22)20(17)23)12-19(26-21)29-9-7-28(8-10-29)15(3)31/h4-6,11-12H,7-10H2,1-3H3,(H,24,25,26). The largest absolute Gasteiger partial charge is 0.353 e. The number of carbonyl (C=O) groups is 1. The Bertz CT molecular complexity index is 1120. The second kappa shape index (κ2) is 8.29. The molecule has 1 N–H and O–H groups in total. The third-order valence-corrected chi connectivity index (χ3v) is 5.16. The minimum absolute atomic E-state index is 0.0228. The summed E-state index contributed by atoms with van der Waals surface area (Å²) in [4.78, 5) is 24.6. The monoisotopic (exact) mass is 427 g/mol. The fourth-order valence-corrected chi connectivity index (χ4v) is 3.56. The molecule has 10 heteroatoms. The number of hydrogen-bond donors (Lipinski definition) is 1. The van der Waals surface area contributed by atoms with Crippen LogP contribution in [0.4, 0.5) is 26.1 Å². The van der Waals surface area contributed by atoms with Crippen molar-refractivity contribution in [2.45, 2.75) is 20.8 Å². The van der Waals surface area contributed by atoms with E-state index in [4.69, 9.17) is 0 Å². The van der Waals surface area contributed by atoms with Gasteiger partial charge < -0.3 is 15.1 Å². The molecule has 0 aliphatic carbocycles. The van der Waals surface area contributed by atoms with E-state index in [9.17, 15) is 13.6 Å². The Morgan fingerprint density at radius 2 is 1.81 bits per heavy atom. The normalized spacial score (nSPS) is 14.1. The molecule has 8 nitrogen and oxygen atoms in total. The van der Waals surface area contributed by atoms with Crippen LogP contribution in [0.1, 0.15) is 18.3 Å². The van der Waals surface area contributed by atoms with Crippen LogP contribution in [0.5, 0.6) is 0 Å². The van der Waals surface area contributed by atoms with Crippen molar-refractivity contribution in [3.05, 3.63) is 53.4 Å². The van der Waals surface area contributed by atoms with Gasteiger partial charge in [0.05, 0.1) is 11.4 Å². The summed E-state index contributed by atoms with van der Waals surface area (Å²) in [7, 11) is 0. The van der Waals surface area contributed by atoms with E-state index in [0.717, 1.165) is 17.5 Å². The Hall–Kier alpha value is -3.56. The van der Waals surface area contributed by atoms with Gasteiger partial charge in [-0.25, -0.2) is 13.5 Å². The van der Waals surface area contributed by atoms with Crippen molar-refractivity contribution in [2.75, 3.05) is 36.4 Å². The van der Waals surface area contributed by atoms with Gasteiger partial charge in [-0.3, -0.25) is 4.79 Å². The molecule has 0 unspecified atom stereocenters. The van der Waals surface area contributed by atoms with E-state index < -0.39 is 11.6 Å². The number of aromatic nitrogens is 4. The number of hydrogen-bond acceptors (Lipinski definition) is 6. The van der Waals surface area contributed by atoms with Crippen molar-refractivity contribution in [3.63, 3.8) is 0 Å². The molecule has 3 heterocycles. The van der Waals surface area contributed by atoms with E-state index in [2.05, 4.69) is 20.4 Å². The lowest BCUT2D eigenvalue weighted by atomic mass is 10.3. The van der Waals surface area contributed by atoms with Crippen LogP contribution in [0.15, 0.2) is 30.3 Å². The summed E-state index contributed by atoms with van der Waals surface area (Å²) >= 11 is 0. The summed E-state index contributed by atoms with van der Waals surface area (Å²) in [6, 6.07) is 7.51. The SMILES string of the molecule is CC(=O)N1CCN(c2cc(Nc3cccc(F)c3F)nc(-n3nc(C)cc3C)n2)CC1. The Labute approximate surface area is 178 Å². The molecule has 2 aromatic heterocycles. The number of halogens is 2. The number of rotatable bonds is 4. The summed E-state index contributed by atoms with van der Waals surface area (Å²) in [6.07, 6.45) is 0. The molecule has 1 aromatic carbocycles. The first kappa shape index (κ1) is 20.7. The smallest absolute Gasteiger partial charge is 0.254 e. The maximum atomic E-state index is 14.2. The van der Waals surface area contributed by atoms with Gasteiger partial charge in [0.1, 0.15) is 11.6 Å². The molecular weight excluding hydrogens is 404 g/mol. The Morgan fingerprint density at radius 3 is 2.45 bits per heavy atom. The van der Waals surface area contributed by atoms with Crippen molar-refractivity contribution in [2.24, 2.45) is 0 Å². The lowest BCUT2D eigenvalue weighted by molar-refractivity contribution is -0.129. The van der Waals surface area contributed by atoms with Crippen molar-refractivity contribution in [1.82, 2.24) is 24.6 Å². The molecule has 0 saturated carbocycles. The van der Waals surface area contributed by atoms with Crippen LogP contribution in [0, 0.1) is 25.5 Å². The maximum absolute atomic E-state index is 14.2. The van der Waals surface area contributed by atoms with E-state index in [1.165, 1.54) is 12.1 Å².